The summed E-state index contributed by atoms with van der Waals surface area (Å²) in [5.74, 6) is 0.147. The molecule has 0 aliphatic heterocycles. The molecule has 1 aliphatic carbocycles. The van der Waals surface area contributed by atoms with E-state index in [9.17, 15) is 9.90 Å². The van der Waals surface area contributed by atoms with Crippen LogP contribution in [0.4, 0.5) is 5.13 Å². The Labute approximate surface area is 104 Å². The summed E-state index contributed by atoms with van der Waals surface area (Å²) in [7, 11) is 0. The van der Waals surface area contributed by atoms with Crippen LogP contribution >= 0.6 is 11.3 Å². The van der Waals surface area contributed by atoms with Crippen molar-refractivity contribution in [3.63, 3.8) is 0 Å². The number of thiazole rings is 1. The van der Waals surface area contributed by atoms with Crippen molar-refractivity contribution < 1.29 is 9.90 Å². The zero-order valence-electron chi connectivity index (χ0n) is 9.56. The number of nitrogens with zero attached hydrogens (tertiary/aromatic N) is 1. The first-order valence-electron chi connectivity index (χ1n) is 5.80. The first-order chi connectivity index (χ1) is 8.15. The molecule has 17 heavy (non-hydrogen) atoms. The van der Waals surface area contributed by atoms with Crippen molar-refractivity contribution in [2.45, 2.75) is 31.8 Å². The van der Waals surface area contributed by atoms with E-state index in [1.165, 1.54) is 11.3 Å². The summed E-state index contributed by atoms with van der Waals surface area (Å²) in [4.78, 5) is 15.6. The predicted octanol–water partition coefficient (Wildman–Crippen LogP) is 0.545. The Morgan fingerprint density at radius 3 is 3.06 bits per heavy atom. The van der Waals surface area contributed by atoms with Gasteiger partial charge in [-0.05, 0) is 12.8 Å². The number of nitrogens with one attached hydrogen (secondary N) is 1. The van der Waals surface area contributed by atoms with Crippen LogP contribution in [0.15, 0.2) is 5.38 Å². The van der Waals surface area contributed by atoms with Crippen molar-refractivity contribution in [1.29, 1.82) is 0 Å². The molecule has 1 aromatic heterocycles. The van der Waals surface area contributed by atoms with Crippen molar-refractivity contribution in [2.75, 3.05) is 12.3 Å². The van der Waals surface area contributed by atoms with Crippen molar-refractivity contribution >= 4 is 22.4 Å². The van der Waals surface area contributed by atoms with Gasteiger partial charge in [-0.1, -0.05) is 6.42 Å². The molecular weight excluding hydrogens is 238 g/mol. The smallest absolute Gasteiger partial charge is 0.226 e. The van der Waals surface area contributed by atoms with Crippen LogP contribution in [-0.2, 0) is 11.2 Å². The predicted molar refractivity (Wildman–Crippen MR) is 66.6 cm³/mol. The average molecular weight is 255 g/mol. The molecule has 2 unspecified atom stereocenters. The van der Waals surface area contributed by atoms with Gasteiger partial charge in [-0.25, -0.2) is 4.98 Å². The first-order valence-corrected chi connectivity index (χ1v) is 6.68. The maximum atomic E-state index is 11.6. The number of rotatable bonds is 4. The summed E-state index contributed by atoms with van der Waals surface area (Å²) in [5, 5.41) is 14.7. The minimum Gasteiger partial charge on any atom is -0.393 e. The van der Waals surface area contributed by atoms with Crippen LogP contribution in [0.5, 0.6) is 0 Å². The molecule has 1 fully saturated rings. The van der Waals surface area contributed by atoms with Crippen molar-refractivity contribution in [2.24, 2.45) is 5.92 Å². The lowest BCUT2D eigenvalue weighted by Gasteiger charge is -2.14. The van der Waals surface area contributed by atoms with Gasteiger partial charge in [-0.15, -0.1) is 11.3 Å². The highest BCUT2D eigenvalue weighted by molar-refractivity contribution is 7.13. The largest absolute Gasteiger partial charge is 0.393 e. The van der Waals surface area contributed by atoms with Crippen LogP contribution in [0, 0.1) is 5.92 Å². The lowest BCUT2D eigenvalue weighted by Crippen LogP contribution is -2.33. The minimum atomic E-state index is -0.259. The van der Waals surface area contributed by atoms with E-state index in [1.54, 1.807) is 5.38 Å². The van der Waals surface area contributed by atoms with E-state index in [2.05, 4.69) is 10.3 Å². The van der Waals surface area contributed by atoms with Gasteiger partial charge in [0.2, 0.25) is 5.91 Å². The number of nitrogens with two attached hydrogens (primary N) is 1. The lowest BCUT2D eigenvalue weighted by molar-refractivity contribution is -0.120. The Hall–Kier alpha value is -1.14. The molecule has 2 atom stereocenters. The van der Waals surface area contributed by atoms with Crippen LogP contribution in [-0.4, -0.2) is 28.6 Å². The third kappa shape index (κ3) is 3.41. The van der Waals surface area contributed by atoms with E-state index >= 15 is 0 Å². The number of nitrogen functional groups attached to an aromatic ring is 1. The number of anilines is 1. The zero-order valence-corrected chi connectivity index (χ0v) is 10.4. The molecule has 1 heterocycles. The number of carbonyl (C=O) groups is 1. The molecule has 2 rings (SSSR count). The molecule has 0 saturated heterocycles. The molecular formula is C11H17N3O2S. The van der Waals surface area contributed by atoms with E-state index in [0.29, 0.717) is 17.4 Å². The molecule has 5 nitrogen and oxygen atoms in total. The fourth-order valence-corrected chi connectivity index (χ4v) is 2.69. The van der Waals surface area contributed by atoms with Gasteiger partial charge in [0.25, 0.3) is 0 Å². The second kappa shape index (κ2) is 5.46. The van der Waals surface area contributed by atoms with E-state index in [-0.39, 0.29) is 24.3 Å². The van der Waals surface area contributed by atoms with Crippen LogP contribution < -0.4 is 11.1 Å². The van der Waals surface area contributed by atoms with Crippen LogP contribution in [0.3, 0.4) is 0 Å². The Balaban J connectivity index is 1.74. The SMILES string of the molecule is Nc1nc(CC(=O)NCC2CCCC2O)cs1. The summed E-state index contributed by atoms with van der Waals surface area (Å²) in [6.45, 7) is 0.555. The molecule has 0 bridgehead atoms. The van der Waals surface area contributed by atoms with Crippen LogP contribution in [0.1, 0.15) is 25.0 Å². The molecule has 4 N–H and O–H groups in total. The lowest BCUT2D eigenvalue weighted by atomic mass is 10.1. The number of carbonyl (C=O) groups excluding carboxylic acids is 1. The van der Waals surface area contributed by atoms with Crippen LogP contribution in [0.25, 0.3) is 0 Å². The summed E-state index contributed by atoms with van der Waals surface area (Å²) in [6, 6.07) is 0. The first kappa shape index (κ1) is 12.3. The van der Waals surface area contributed by atoms with Crippen LogP contribution in [0.2, 0.25) is 0 Å². The van der Waals surface area contributed by atoms with Gasteiger partial charge in [0, 0.05) is 17.8 Å². The Kier molecular flexibility index (Phi) is 3.96. The molecule has 1 saturated carbocycles. The quantitative estimate of drug-likeness (QED) is 0.733. The number of aliphatic hydroxyl groups is 1. The average Bonchev–Trinajstić information content (AvgIpc) is 2.85. The second-order valence-electron chi connectivity index (χ2n) is 4.42. The van der Waals surface area contributed by atoms with Gasteiger partial charge in [0.05, 0.1) is 18.2 Å². The van der Waals surface area contributed by atoms with Crippen molar-refractivity contribution in [1.82, 2.24) is 10.3 Å². The normalized spacial score (nSPS) is 23.8. The van der Waals surface area contributed by atoms with E-state index < -0.39 is 0 Å². The highest BCUT2D eigenvalue weighted by Gasteiger charge is 2.25. The third-order valence-electron chi connectivity index (χ3n) is 3.09. The monoisotopic (exact) mass is 255 g/mol. The standard InChI is InChI=1S/C11H17N3O2S/c12-11-14-8(6-17-11)4-10(16)13-5-7-2-1-3-9(7)15/h6-7,9,15H,1-5H2,(H2,12,14)(H,13,16). The number of aliphatic hydroxyl groups excluding tert-OH is 1. The number of amides is 1. The maximum Gasteiger partial charge on any atom is 0.226 e. The summed E-state index contributed by atoms with van der Waals surface area (Å²) >= 11 is 1.34. The van der Waals surface area contributed by atoms with Gasteiger partial charge in [-0.3, -0.25) is 4.79 Å². The third-order valence-corrected chi connectivity index (χ3v) is 3.81. The molecule has 1 amide bonds. The van der Waals surface area contributed by atoms with Gasteiger partial charge in [0.1, 0.15) is 0 Å². The highest BCUT2D eigenvalue weighted by Crippen LogP contribution is 2.24. The summed E-state index contributed by atoms with van der Waals surface area (Å²) in [6.07, 6.45) is 2.89. The number of hydrogen-bond donors (Lipinski definition) is 3. The minimum absolute atomic E-state index is 0.0607. The molecule has 0 spiro atoms. The Morgan fingerprint density at radius 1 is 1.65 bits per heavy atom. The zero-order chi connectivity index (χ0) is 12.3. The van der Waals surface area contributed by atoms with E-state index in [1.807, 2.05) is 0 Å². The van der Waals surface area contributed by atoms with E-state index in [4.69, 9.17) is 5.73 Å². The molecule has 0 radical (unpaired) electrons. The molecule has 1 aliphatic rings. The van der Waals surface area contributed by atoms with Crippen molar-refractivity contribution in [3.8, 4) is 0 Å². The topological polar surface area (TPSA) is 88.2 Å². The van der Waals surface area contributed by atoms with Gasteiger partial charge >= 0.3 is 0 Å². The highest BCUT2D eigenvalue weighted by atomic mass is 32.1. The molecule has 0 aromatic carbocycles. The van der Waals surface area contributed by atoms with Gasteiger partial charge in [0.15, 0.2) is 5.13 Å². The fourth-order valence-electron chi connectivity index (χ4n) is 2.13. The van der Waals surface area contributed by atoms with E-state index in [0.717, 1.165) is 19.3 Å². The number of hydrogen-bond acceptors (Lipinski definition) is 5. The Bertz CT molecular complexity index is 394. The van der Waals surface area contributed by atoms with Gasteiger partial charge in [-0.2, -0.15) is 0 Å². The molecule has 6 heteroatoms. The number of aromatic nitrogens is 1. The second-order valence-corrected chi connectivity index (χ2v) is 5.31. The van der Waals surface area contributed by atoms with Crippen molar-refractivity contribution in [3.05, 3.63) is 11.1 Å². The summed E-state index contributed by atoms with van der Waals surface area (Å²) in [5.41, 5.74) is 6.19. The Morgan fingerprint density at radius 2 is 2.47 bits per heavy atom. The molecule has 94 valence electrons. The maximum absolute atomic E-state index is 11.6. The fraction of sp³-hybridized carbons (Fsp3) is 0.636. The molecule has 1 aromatic rings. The summed E-state index contributed by atoms with van der Waals surface area (Å²) < 4.78 is 0. The van der Waals surface area contributed by atoms with Gasteiger partial charge < -0.3 is 16.2 Å².